The molecule has 0 aromatic heterocycles. The molecule has 0 spiro atoms. The second-order valence-electron chi connectivity index (χ2n) is 8.66. The molecular formula is C28H24Cl2N2O2. The highest BCUT2D eigenvalue weighted by molar-refractivity contribution is 6.31. The van der Waals surface area contributed by atoms with Gasteiger partial charge < -0.3 is 5.32 Å². The van der Waals surface area contributed by atoms with Gasteiger partial charge in [0.2, 0.25) is 5.91 Å². The Hall–Kier alpha value is -3.08. The predicted octanol–water partition coefficient (Wildman–Crippen LogP) is 7.30. The van der Waals surface area contributed by atoms with Crippen LogP contribution < -0.4 is 10.2 Å². The van der Waals surface area contributed by atoms with Gasteiger partial charge in [0.1, 0.15) is 0 Å². The van der Waals surface area contributed by atoms with Crippen LogP contribution in [0, 0.1) is 0 Å². The zero-order valence-electron chi connectivity index (χ0n) is 18.7. The molecular weight excluding hydrogens is 467 g/mol. The van der Waals surface area contributed by atoms with Crippen LogP contribution in [0.1, 0.15) is 49.3 Å². The molecule has 1 amide bonds. The van der Waals surface area contributed by atoms with Crippen molar-refractivity contribution >= 4 is 46.3 Å². The molecule has 1 heterocycles. The molecule has 34 heavy (non-hydrogen) atoms. The molecule has 3 aromatic carbocycles. The van der Waals surface area contributed by atoms with Gasteiger partial charge in [0, 0.05) is 34.2 Å². The first-order valence-corrected chi connectivity index (χ1v) is 12.2. The summed E-state index contributed by atoms with van der Waals surface area (Å²) >= 11 is 12.8. The number of ketones is 1. The van der Waals surface area contributed by atoms with Crippen LogP contribution in [0.3, 0.4) is 0 Å². The quantitative estimate of drug-likeness (QED) is 0.418. The van der Waals surface area contributed by atoms with Crippen LogP contribution in [0.15, 0.2) is 84.1 Å². The highest BCUT2D eigenvalue weighted by Gasteiger charge is 2.41. The topological polar surface area (TPSA) is 49.4 Å². The van der Waals surface area contributed by atoms with Crippen LogP contribution in [0.25, 0.3) is 0 Å². The van der Waals surface area contributed by atoms with Crippen molar-refractivity contribution in [2.45, 2.75) is 38.1 Å². The number of hydrogen-bond donors (Lipinski definition) is 1. The van der Waals surface area contributed by atoms with Crippen molar-refractivity contribution < 1.29 is 9.59 Å². The predicted molar refractivity (Wildman–Crippen MR) is 137 cm³/mol. The summed E-state index contributed by atoms with van der Waals surface area (Å²) in [6.07, 6.45) is 1.30. The fraction of sp³-hybridized carbons (Fsp3) is 0.214. The number of Topliss-reactive ketones (excluding diaryl/α,β-unsaturated/α-hetero) is 1. The zero-order valence-corrected chi connectivity index (χ0v) is 20.2. The van der Waals surface area contributed by atoms with Gasteiger partial charge in [-0.15, -0.1) is 0 Å². The maximum Gasteiger partial charge on any atom is 0.227 e. The number of amides is 1. The standard InChI is InChI=1S/C28H24Cl2N2O2/c1-2-26(34)32-24-10-6-5-9-22(24)31-23-15-18(17-11-13-19(29)14-12-17)16-25(33)27(23)28(32)20-7-3-4-8-21(20)30/h3-14,18,28,31H,2,15-16H2,1H3/t18-,28+/m0/s1. The maximum atomic E-state index is 13.8. The van der Waals surface area contributed by atoms with Crippen molar-refractivity contribution in [2.75, 3.05) is 10.2 Å². The second kappa shape index (κ2) is 9.28. The summed E-state index contributed by atoms with van der Waals surface area (Å²) in [6.45, 7) is 1.83. The van der Waals surface area contributed by atoms with Crippen molar-refractivity contribution in [2.24, 2.45) is 0 Å². The van der Waals surface area contributed by atoms with Gasteiger partial charge in [-0.1, -0.05) is 72.6 Å². The summed E-state index contributed by atoms with van der Waals surface area (Å²) in [5, 5.41) is 4.72. The van der Waals surface area contributed by atoms with E-state index in [1.165, 1.54) is 0 Å². The number of carbonyl (C=O) groups is 2. The molecule has 0 saturated heterocycles. The summed E-state index contributed by atoms with van der Waals surface area (Å²) in [7, 11) is 0. The van der Waals surface area contributed by atoms with Crippen LogP contribution in [-0.2, 0) is 9.59 Å². The van der Waals surface area contributed by atoms with Gasteiger partial charge in [0.25, 0.3) is 0 Å². The fourth-order valence-electron chi connectivity index (χ4n) is 5.00. The number of fused-ring (bicyclic) bond motifs is 1. The Kier molecular flexibility index (Phi) is 6.20. The molecule has 4 nitrogen and oxygen atoms in total. The number of rotatable bonds is 3. The molecule has 5 rings (SSSR count). The first-order valence-electron chi connectivity index (χ1n) is 11.4. The van der Waals surface area contributed by atoms with Gasteiger partial charge >= 0.3 is 0 Å². The normalized spacial score (nSPS) is 19.7. The minimum atomic E-state index is -0.606. The lowest BCUT2D eigenvalue weighted by Gasteiger charge is -2.35. The summed E-state index contributed by atoms with van der Waals surface area (Å²) in [4.78, 5) is 29.0. The van der Waals surface area contributed by atoms with Crippen molar-refractivity contribution in [1.29, 1.82) is 0 Å². The van der Waals surface area contributed by atoms with Crippen LogP contribution >= 0.6 is 23.2 Å². The van der Waals surface area contributed by atoms with Crippen molar-refractivity contribution in [3.8, 4) is 0 Å². The molecule has 1 aliphatic heterocycles. The number of hydrogen-bond acceptors (Lipinski definition) is 3. The minimum Gasteiger partial charge on any atom is -0.357 e. The summed E-state index contributed by atoms with van der Waals surface area (Å²) in [5.74, 6) is -0.0376. The van der Waals surface area contributed by atoms with Gasteiger partial charge in [0.05, 0.1) is 17.4 Å². The lowest BCUT2D eigenvalue weighted by molar-refractivity contribution is -0.119. The van der Waals surface area contributed by atoms with Gasteiger partial charge in [-0.3, -0.25) is 14.5 Å². The average molecular weight is 491 g/mol. The van der Waals surface area contributed by atoms with E-state index in [0.29, 0.717) is 34.9 Å². The van der Waals surface area contributed by atoms with Crippen LogP contribution in [0.5, 0.6) is 0 Å². The molecule has 6 heteroatoms. The van der Waals surface area contributed by atoms with Gasteiger partial charge in [0.15, 0.2) is 5.78 Å². The first-order chi connectivity index (χ1) is 16.5. The molecule has 172 valence electrons. The number of allylic oxidation sites excluding steroid dienone is 1. The van der Waals surface area contributed by atoms with Gasteiger partial charge in [-0.05, 0) is 53.8 Å². The number of carbonyl (C=O) groups excluding carboxylic acids is 2. The Balaban J connectivity index is 1.72. The maximum absolute atomic E-state index is 13.8. The van der Waals surface area contributed by atoms with Crippen LogP contribution in [0.4, 0.5) is 11.4 Å². The molecule has 1 aliphatic carbocycles. The molecule has 3 aromatic rings. The molecule has 0 unspecified atom stereocenters. The van der Waals surface area contributed by atoms with Crippen molar-refractivity contribution in [3.63, 3.8) is 0 Å². The van der Waals surface area contributed by atoms with Gasteiger partial charge in [-0.25, -0.2) is 0 Å². The summed E-state index contributed by atoms with van der Waals surface area (Å²) < 4.78 is 0. The van der Waals surface area contributed by atoms with Crippen LogP contribution in [-0.4, -0.2) is 11.7 Å². The largest absolute Gasteiger partial charge is 0.357 e. The van der Waals surface area contributed by atoms with E-state index in [2.05, 4.69) is 5.32 Å². The molecule has 0 fully saturated rings. The summed E-state index contributed by atoms with van der Waals surface area (Å²) in [5.41, 5.74) is 4.80. The highest BCUT2D eigenvalue weighted by atomic mass is 35.5. The van der Waals surface area contributed by atoms with E-state index in [4.69, 9.17) is 23.2 Å². The highest BCUT2D eigenvalue weighted by Crippen LogP contribution is 2.48. The van der Waals surface area contributed by atoms with E-state index in [9.17, 15) is 9.59 Å². The third-order valence-corrected chi connectivity index (χ3v) is 7.20. The molecule has 0 saturated carbocycles. The average Bonchev–Trinajstić information content (AvgIpc) is 2.99. The Morgan fingerprint density at radius 1 is 0.971 bits per heavy atom. The van der Waals surface area contributed by atoms with E-state index in [-0.39, 0.29) is 17.6 Å². The van der Waals surface area contributed by atoms with Crippen molar-refractivity contribution in [3.05, 3.63) is 105 Å². The lowest BCUT2D eigenvalue weighted by atomic mass is 9.78. The van der Waals surface area contributed by atoms with Crippen LogP contribution in [0.2, 0.25) is 10.0 Å². The number of para-hydroxylation sites is 2. The first kappa shape index (κ1) is 22.7. The third kappa shape index (κ3) is 4.02. The Labute approximate surface area is 209 Å². The lowest BCUT2D eigenvalue weighted by Crippen LogP contribution is -2.38. The second-order valence-corrected chi connectivity index (χ2v) is 9.50. The number of halogens is 2. The third-order valence-electron chi connectivity index (χ3n) is 6.60. The Bertz CT molecular complexity index is 1300. The Morgan fingerprint density at radius 3 is 2.41 bits per heavy atom. The monoisotopic (exact) mass is 490 g/mol. The molecule has 2 atom stereocenters. The Morgan fingerprint density at radius 2 is 1.68 bits per heavy atom. The van der Waals surface area contributed by atoms with E-state index < -0.39 is 6.04 Å². The minimum absolute atomic E-state index is 0.0142. The van der Waals surface area contributed by atoms with E-state index in [1.807, 2.05) is 73.7 Å². The summed E-state index contributed by atoms with van der Waals surface area (Å²) in [6, 6.07) is 22.2. The number of nitrogens with zero attached hydrogens (tertiary/aromatic N) is 1. The van der Waals surface area contributed by atoms with E-state index in [1.54, 1.807) is 11.0 Å². The van der Waals surface area contributed by atoms with Crippen molar-refractivity contribution in [1.82, 2.24) is 0 Å². The molecule has 1 N–H and O–H groups in total. The fourth-order valence-corrected chi connectivity index (χ4v) is 5.36. The molecule has 0 radical (unpaired) electrons. The van der Waals surface area contributed by atoms with E-state index in [0.717, 1.165) is 28.2 Å². The molecule has 2 aliphatic rings. The van der Waals surface area contributed by atoms with E-state index >= 15 is 0 Å². The zero-order chi connectivity index (χ0) is 23.8. The number of anilines is 2. The SMILES string of the molecule is CCC(=O)N1c2ccccc2NC2=C(C(=O)C[C@@H](c3ccc(Cl)cc3)C2)[C@H]1c1ccccc1Cl. The number of benzene rings is 3. The number of nitrogens with one attached hydrogen (secondary N) is 1. The molecule has 0 bridgehead atoms. The smallest absolute Gasteiger partial charge is 0.227 e. The van der Waals surface area contributed by atoms with Gasteiger partial charge in [-0.2, -0.15) is 0 Å².